The number of nitrogen functional groups attached to an aromatic ring is 1. The van der Waals surface area contributed by atoms with Gasteiger partial charge in [0.05, 0.1) is 24.5 Å². The topological polar surface area (TPSA) is 82.4 Å². The van der Waals surface area contributed by atoms with Gasteiger partial charge in [-0.3, -0.25) is 9.69 Å². The molecule has 3 aromatic rings. The van der Waals surface area contributed by atoms with Gasteiger partial charge in [0.25, 0.3) is 5.91 Å². The van der Waals surface area contributed by atoms with Crippen molar-refractivity contribution in [2.24, 2.45) is 0 Å². The lowest BCUT2D eigenvalue weighted by atomic mass is 9.96. The molecule has 2 saturated heterocycles. The number of anilines is 2. The van der Waals surface area contributed by atoms with E-state index >= 15 is 0 Å². The summed E-state index contributed by atoms with van der Waals surface area (Å²) < 4.78 is 4.78. The molecule has 0 aliphatic carbocycles. The van der Waals surface area contributed by atoms with Crippen molar-refractivity contribution in [3.63, 3.8) is 0 Å². The zero-order chi connectivity index (χ0) is 26.5. The van der Waals surface area contributed by atoms with E-state index in [0.29, 0.717) is 37.4 Å². The van der Waals surface area contributed by atoms with Crippen molar-refractivity contribution in [1.29, 1.82) is 0 Å². The van der Waals surface area contributed by atoms with Gasteiger partial charge in [-0.05, 0) is 29.3 Å². The van der Waals surface area contributed by atoms with E-state index in [1.54, 1.807) is 15.9 Å². The number of methoxy groups -OCH3 is 1. The van der Waals surface area contributed by atoms with Crippen molar-refractivity contribution in [3.05, 3.63) is 95.6 Å². The lowest BCUT2D eigenvalue weighted by Gasteiger charge is -2.41. The van der Waals surface area contributed by atoms with Crippen LogP contribution in [0.4, 0.5) is 16.2 Å². The first-order valence-corrected chi connectivity index (χ1v) is 13.2. The second kappa shape index (κ2) is 11.6. The number of ether oxygens (including phenoxy) is 1. The van der Waals surface area contributed by atoms with Crippen LogP contribution in [0.3, 0.4) is 0 Å². The first-order chi connectivity index (χ1) is 18.5. The first kappa shape index (κ1) is 25.6. The Labute approximate surface area is 224 Å². The van der Waals surface area contributed by atoms with Gasteiger partial charge in [-0.15, -0.1) is 0 Å². The molecular formula is C30H35N5O3. The highest BCUT2D eigenvalue weighted by atomic mass is 16.5. The van der Waals surface area contributed by atoms with Crippen LogP contribution in [0.1, 0.15) is 27.5 Å². The van der Waals surface area contributed by atoms with E-state index < -0.39 is 0 Å². The van der Waals surface area contributed by atoms with E-state index in [4.69, 9.17) is 10.5 Å². The van der Waals surface area contributed by atoms with Crippen molar-refractivity contribution < 1.29 is 14.3 Å². The smallest absolute Gasteiger partial charge is 0.409 e. The number of nitrogens with two attached hydrogens (primary N) is 1. The molecule has 2 N–H and O–H groups in total. The highest BCUT2D eigenvalue weighted by Crippen LogP contribution is 2.32. The molecule has 5 rings (SSSR count). The number of rotatable bonds is 5. The van der Waals surface area contributed by atoms with E-state index in [-0.39, 0.29) is 18.0 Å². The Morgan fingerprint density at radius 3 is 1.82 bits per heavy atom. The van der Waals surface area contributed by atoms with Crippen LogP contribution in [0, 0.1) is 0 Å². The minimum atomic E-state index is -0.357. The molecule has 2 amide bonds. The van der Waals surface area contributed by atoms with Gasteiger partial charge in [0.15, 0.2) is 0 Å². The monoisotopic (exact) mass is 513 g/mol. The largest absolute Gasteiger partial charge is 0.453 e. The third-order valence-electron chi connectivity index (χ3n) is 7.52. The molecule has 0 radical (unpaired) electrons. The number of benzene rings is 3. The fourth-order valence-electron chi connectivity index (χ4n) is 5.49. The van der Waals surface area contributed by atoms with Gasteiger partial charge < -0.3 is 25.2 Å². The Hall–Kier alpha value is -4.04. The molecule has 8 nitrogen and oxygen atoms in total. The Morgan fingerprint density at radius 2 is 1.29 bits per heavy atom. The van der Waals surface area contributed by atoms with Crippen molar-refractivity contribution in [3.8, 4) is 0 Å². The molecule has 2 fully saturated rings. The van der Waals surface area contributed by atoms with Crippen LogP contribution in [0.5, 0.6) is 0 Å². The van der Waals surface area contributed by atoms with Gasteiger partial charge >= 0.3 is 6.09 Å². The lowest BCUT2D eigenvalue weighted by molar-refractivity contribution is 0.0600. The Balaban J connectivity index is 1.24. The molecule has 2 aliphatic heterocycles. The van der Waals surface area contributed by atoms with Gasteiger partial charge in [0, 0.05) is 57.9 Å². The number of nitrogens with zero attached hydrogens (tertiary/aromatic N) is 4. The highest BCUT2D eigenvalue weighted by molar-refractivity contribution is 5.96. The number of piperazine rings is 2. The van der Waals surface area contributed by atoms with Crippen LogP contribution < -0.4 is 10.6 Å². The zero-order valence-corrected chi connectivity index (χ0v) is 21.8. The summed E-state index contributed by atoms with van der Waals surface area (Å²) in [4.78, 5) is 33.0. The third kappa shape index (κ3) is 5.45. The summed E-state index contributed by atoms with van der Waals surface area (Å²) in [6.45, 7) is 5.37. The molecular weight excluding hydrogens is 478 g/mol. The summed E-state index contributed by atoms with van der Waals surface area (Å²) in [7, 11) is 1.37. The Kier molecular flexibility index (Phi) is 7.79. The molecule has 3 aromatic carbocycles. The predicted octanol–water partition coefficient (Wildman–Crippen LogP) is 3.70. The molecule has 2 aliphatic rings. The van der Waals surface area contributed by atoms with E-state index in [2.05, 4.69) is 70.5 Å². The van der Waals surface area contributed by atoms with Gasteiger partial charge in [0.2, 0.25) is 0 Å². The summed E-state index contributed by atoms with van der Waals surface area (Å²) >= 11 is 0. The normalized spacial score (nSPS) is 16.5. The number of carbonyl (C=O) groups excluding carboxylic acids is 2. The highest BCUT2D eigenvalue weighted by Gasteiger charge is 2.28. The molecule has 198 valence electrons. The van der Waals surface area contributed by atoms with Gasteiger partial charge in [-0.2, -0.15) is 0 Å². The molecule has 0 saturated carbocycles. The maximum atomic E-state index is 13.1. The molecule has 0 spiro atoms. The minimum absolute atomic E-state index is 0.0638. The summed E-state index contributed by atoms with van der Waals surface area (Å²) in [6.07, 6.45) is -0.357. The number of hydrogen-bond acceptors (Lipinski definition) is 6. The van der Waals surface area contributed by atoms with Crippen LogP contribution in [0.2, 0.25) is 0 Å². The maximum Gasteiger partial charge on any atom is 0.409 e. The molecule has 8 heteroatoms. The van der Waals surface area contributed by atoms with Gasteiger partial charge in [0.1, 0.15) is 0 Å². The van der Waals surface area contributed by atoms with Gasteiger partial charge in [-0.1, -0.05) is 60.7 Å². The fraction of sp³-hybridized carbons (Fsp3) is 0.333. The number of amides is 2. The third-order valence-corrected chi connectivity index (χ3v) is 7.52. The van der Waals surface area contributed by atoms with Crippen LogP contribution in [-0.2, 0) is 4.74 Å². The minimum Gasteiger partial charge on any atom is -0.453 e. The molecule has 0 unspecified atom stereocenters. The summed E-state index contributed by atoms with van der Waals surface area (Å²) in [5, 5.41) is 0. The van der Waals surface area contributed by atoms with Crippen LogP contribution in [0.25, 0.3) is 0 Å². The molecule has 38 heavy (non-hydrogen) atoms. The second-order valence-corrected chi connectivity index (χ2v) is 9.77. The van der Waals surface area contributed by atoms with E-state index in [1.165, 1.54) is 18.2 Å². The van der Waals surface area contributed by atoms with Gasteiger partial charge in [-0.25, -0.2) is 4.79 Å². The van der Waals surface area contributed by atoms with Crippen LogP contribution >= 0.6 is 0 Å². The molecule has 2 heterocycles. The Morgan fingerprint density at radius 1 is 0.737 bits per heavy atom. The van der Waals surface area contributed by atoms with E-state index in [1.807, 2.05) is 12.1 Å². The summed E-state index contributed by atoms with van der Waals surface area (Å²) in [5.41, 5.74) is 11.2. The predicted molar refractivity (Wildman–Crippen MR) is 149 cm³/mol. The average molecular weight is 514 g/mol. The van der Waals surface area contributed by atoms with Crippen molar-refractivity contribution >= 4 is 23.4 Å². The quantitative estimate of drug-likeness (QED) is 0.524. The fourth-order valence-corrected chi connectivity index (χ4v) is 5.49. The SMILES string of the molecule is COC(=O)N1CCN(C(=O)c2ccc(N3CCN(C(c4ccccc4)c4ccccc4)CC3)c(N)c2)CC1. The van der Waals surface area contributed by atoms with Crippen molar-refractivity contribution in [1.82, 2.24) is 14.7 Å². The Bertz CT molecular complexity index is 1200. The standard InChI is InChI=1S/C30H35N5O3/c1-38-30(37)35-20-18-34(19-21-35)29(36)25-12-13-27(26(31)22-25)32-14-16-33(17-15-32)28(23-8-4-2-5-9-23)24-10-6-3-7-11-24/h2-13,22,28H,14-21,31H2,1H3. The van der Waals surface area contributed by atoms with Crippen LogP contribution in [-0.4, -0.2) is 86.2 Å². The van der Waals surface area contributed by atoms with E-state index in [0.717, 1.165) is 31.9 Å². The van der Waals surface area contributed by atoms with Crippen molar-refractivity contribution in [2.75, 3.05) is 70.1 Å². The molecule has 0 atom stereocenters. The number of hydrogen-bond donors (Lipinski definition) is 1. The zero-order valence-electron chi connectivity index (χ0n) is 21.8. The maximum absolute atomic E-state index is 13.1. The average Bonchev–Trinajstić information content (AvgIpc) is 2.98. The second-order valence-electron chi connectivity index (χ2n) is 9.77. The summed E-state index contributed by atoms with van der Waals surface area (Å²) in [5.74, 6) is -0.0638. The van der Waals surface area contributed by atoms with Crippen molar-refractivity contribution in [2.45, 2.75) is 6.04 Å². The number of carbonyl (C=O) groups is 2. The van der Waals surface area contributed by atoms with E-state index in [9.17, 15) is 9.59 Å². The van der Waals surface area contributed by atoms with Crippen LogP contribution in [0.15, 0.2) is 78.9 Å². The lowest BCUT2D eigenvalue weighted by Crippen LogP contribution is -2.50. The summed E-state index contributed by atoms with van der Waals surface area (Å²) in [6, 6.07) is 27.2. The molecule has 0 aromatic heterocycles. The molecule has 0 bridgehead atoms. The first-order valence-electron chi connectivity index (χ1n) is 13.2.